The van der Waals surface area contributed by atoms with Gasteiger partial charge in [-0.15, -0.1) is 0 Å². The van der Waals surface area contributed by atoms with Crippen LogP contribution in [-0.4, -0.2) is 18.6 Å². The highest BCUT2D eigenvalue weighted by molar-refractivity contribution is 5.81. The molecule has 0 saturated heterocycles. The molecule has 3 N–H and O–H groups in total. The van der Waals surface area contributed by atoms with Crippen molar-refractivity contribution in [3.63, 3.8) is 0 Å². The topological polar surface area (TPSA) is 64.4 Å². The second-order valence-corrected chi connectivity index (χ2v) is 4.98. The van der Waals surface area contributed by atoms with Crippen molar-refractivity contribution in [3.8, 4) is 5.75 Å². The van der Waals surface area contributed by atoms with E-state index in [4.69, 9.17) is 10.5 Å². The first-order chi connectivity index (χ1) is 9.58. The van der Waals surface area contributed by atoms with Gasteiger partial charge < -0.3 is 15.8 Å². The molecule has 0 radical (unpaired) electrons. The summed E-state index contributed by atoms with van der Waals surface area (Å²) in [4.78, 5) is 11.9. The van der Waals surface area contributed by atoms with Gasteiger partial charge in [0, 0.05) is 0 Å². The highest BCUT2D eigenvalue weighted by atomic mass is 16.5. The number of ether oxygens (including phenoxy) is 1. The normalized spacial score (nSPS) is 13.6. The maximum Gasteiger partial charge on any atom is 0.237 e. The molecular formula is C16H26N2O2. The lowest BCUT2D eigenvalue weighted by Crippen LogP contribution is -2.41. The summed E-state index contributed by atoms with van der Waals surface area (Å²) in [5.41, 5.74) is 6.91. The number of unbranched alkanes of at least 4 members (excludes halogenated alkanes) is 1. The molecule has 0 aliphatic rings. The predicted octanol–water partition coefficient (Wildman–Crippen LogP) is 2.78. The van der Waals surface area contributed by atoms with Crippen molar-refractivity contribution in [1.82, 2.24) is 5.32 Å². The number of rotatable bonds is 8. The first kappa shape index (κ1) is 16.5. The Balaban J connectivity index is 2.52. The lowest BCUT2D eigenvalue weighted by molar-refractivity contribution is -0.123. The maximum absolute atomic E-state index is 11.9. The summed E-state index contributed by atoms with van der Waals surface area (Å²) in [5, 5.41) is 2.95. The fourth-order valence-corrected chi connectivity index (χ4v) is 1.98. The Hall–Kier alpha value is -1.55. The van der Waals surface area contributed by atoms with Crippen LogP contribution in [0.15, 0.2) is 24.3 Å². The minimum atomic E-state index is -0.417. The summed E-state index contributed by atoms with van der Waals surface area (Å²) in [6.45, 7) is 6.65. The quantitative estimate of drug-likeness (QED) is 0.768. The van der Waals surface area contributed by atoms with Crippen LogP contribution in [0, 0.1) is 0 Å². The van der Waals surface area contributed by atoms with Crippen molar-refractivity contribution in [2.24, 2.45) is 5.73 Å². The van der Waals surface area contributed by atoms with Gasteiger partial charge >= 0.3 is 0 Å². The molecule has 20 heavy (non-hydrogen) atoms. The third kappa shape index (κ3) is 5.21. The van der Waals surface area contributed by atoms with E-state index in [1.807, 2.05) is 38.1 Å². The molecule has 0 bridgehead atoms. The molecule has 4 nitrogen and oxygen atoms in total. The van der Waals surface area contributed by atoms with Gasteiger partial charge in [0.1, 0.15) is 5.75 Å². The van der Waals surface area contributed by atoms with Gasteiger partial charge in [0.15, 0.2) is 0 Å². The van der Waals surface area contributed by atoms with Crippen LogP contribution in [0.25, 0.3) is 0 Å². The van der Waals surface area contributed by atoms with Gasteiger partial charge in [0.2, 0.25) is 5.91 Å². The van der Waals surface area contributed by atoms with Crippen LogP contribution in [-0.2, 0) is 4.79 Å². The van der Waals surface area contributed by atoms with E-state index in [1.165, 1.54) is 0 Å². The maximum atomic E-state index is 11.9. The van der Waals surface area contributed by atoms with Gasteiger partial charge in [-0.1, -0.05) is 31.9 Å². The molecule has 4 heteroatoms. The Labute approximate surface area is 121 Å². The van der Waals surface area contributed by atoms with Crippen LogP contribution in [0.4, 0.5) is 0 Å². The monoisotopic (exact) mass is 278 g/mol. The summed E-state index contributed by atoms with van der Waals surface area (Å²) in [5.74, 6) is 0.759. The van der Waals surface area contributed by atoms with Crippen molar-refractivity contribution in [2.45, 2.75) is 52.1 Å². The van der Waals surface area contributed by atoms with Crippen molar-refractivity contribution in [2.75, 3.05) is 6.61 Å². The molecule has 0 fully saturated rings. The molecule has 0 heterocycles. The molecule has 1 aromatic carbocycles. The van der Waals surface area contributed by atoms with Crippen LogP contribution in [0.3, 0.4) is 0 Å². The molecule has 1 aromatic rings. The summed E-state index contributed by atoms with van der Waals surface area (Å²) in [6.07, 6.45) is 2.76. The highest BCUT2D eigenvalue weighted by Crippen LogP contribution is 2.17. The van der Waals surface area contributed by atoms with Crippen LogP contribution in [0.2, 0.25) is 0 Å². The summed E-state index contributed by atoms with van der Waals surface area (Å²) in [6, 6.07) is 7.30. The van der Waals surface area contributed by atoms with Crippen molar-refractivity contribution in [3.05, 3.63) is 29.8 Å². The predicted molar refractivity (Wildman–Crippen MR) is 81.7 cm³/mol. The third-order valence-electron chi connectivity index (χ3n) is 3.26. The minimum absolute atomic E-state index is 0.0501. The van der Waals surface area contributed by atoms with Crippen LogP contribution in [0.5, 0.6) is 5.75 Å². The number of nitrogens with one attached hydrogen (secondary N) is 1. The zero-order chi connectivity index (χ0) is 15.0. The molecule has 0 aromatic heterocycles. The first-order valence-electron chi connectivity index (χ1n) is 7.37. The number of benzene rings is 1. The molecule has 0 saturated carbocycles. The third-order valence-corrected chi connectivity index (χ3v) is 3.26. The fraction of sp³-hybridized carbons (Fsp3) is 0.562. The SMILES string of the molecule is CCCCC(N)C(=O)NC(C)c1ccc(OCC)cc1. The molecule has 0 spiro atoms. The Morgan fingerprint density at radius 2 is 1.95 bits per heavy atom. The molecule has 0 aliphatic heterocycles. The highest BCUT2D eigenvalue weighted by Gasteiger charge is 2.16. The molecule has 112 valence electrons. The van der Waals surface area contributed by atoms with Crippen molar-refractivity contribution in [1.29, 1.82) is 0 Å². The van der Waals surface area contributed by atoms with Gasteiger partial charge in [-0.3, -0.25) is 4.79 Å². The van der Waals surface area contributed by atoms with Gasteiger partial charge in [-0.05, 0) is 38.0 Å². The Morgan fingerprint density at radius 1 is 1.30 bits per heavy atom. The summed E-state index contributed by atoms with van der Waals surface area (Å²) < 4.78 is 5.40. The van der Waals surface area contributed by atoms with E-state index in [2.05, 4.69) is 12.2 Å². The molecule has 0 aliphatic carbocycles. The van der Waals surface area contributed by atoms with E-state index in [0.29, 0.717) is 6.61 Å². The number of carbonyl (C=O) groups is 1. The average Bonchev–Trinajstić information content (AvgIpc) is 2.45. The van der Waals surface area contributed by atoms with E-state index < -0.39 is 6.04 Å². The smallest absolute Gasteiger partial charge is 0.237 e. The Morgan fingerprint density at radius 3 is 2.50 bits per heavy atom. The first-order valence-corrected chi connectivity index (χ1v) is 7.37. The molecule has 1 rings (SSSR count). The van der Waals surface area contributed by atoms with Gasteiger partial charge in [0.05, 0.1) is 18.7 Å². The standard InChI is InChI=1S/C16H26N2O2/c1-4-6-7-15(17)16(19)18-12(3)13-8-10-14(11-9-13)20-5-2/h8-12,15H,4-7,17H2,1-3H3,(H,18,19). The number of hydrogen-bond donors (Lipinski definition) is 2. The summed E-state index contributed by atoms with van der Waals surface area (Å²) >= 11 is 0. The minimum Gasteiger partial charge on any atom is -0.494 e. The van der Waals surface area contributed by atoms with Gasteiger partial charge in [0.25, 0.3) is 0 Å². The zero-order valence-electron chi connectivity index (χ0n) is 12.7. The lowest BCUT2D eigenvalue weighted by atomic mass is 10.1. The van der Waals surface area contributed by atoms with Crippen LogP contribution >= 0.6 is 0 Å². The molecule has 1 amide bonds. The largest absolute Gasteiger partial charge is 0.494 e. The van der Waals surface area contributed by atoms with Crippen LogP contribution < -0.4 is 15.8 Å². The molecule has 2 unspecified atom stereocenters. The second kappa shape index (κ2) is 8.59. The van der Waals surface area contributed by atoms with E-state index >= 15 is 0 Å². The molecule has 2 atom stereocenters. The second-order valence-electron chi connectivity index (χ2n) is 4.98. The van der Waals surface area contributed by atoms with E-state index in [-0.39, 0.29) is 11.9 Å². The number of nitrogens with two attached hydrogens (primary N) is 1. The van der Waals surface area contributed by atoms with E-state index in [1.54, 1.807) is 0 Å². The van der Waals surface area contributed by atoms with E-state index in [9.17, 15) is 4.79 Å². The van der Waals surface area contributed by atoms with Crippen molar-refractivity contribution >= 4 is 5.91 Å². The van der Waals surface area contributed by atoms with E-state index in [0.717, 1.165) is 30.6 Å². The van der Waals surface area contributed by atoms with Gasteiger partial charge in [-0.2, -0.15) is 0 Å². The lowest BCUT2D eigenvalue weighted by Gasteiger charge is -2.18. The number of carbonyl (C=O) groups excluding carboxylic acids is 1. The number of amides is 1. The Kier molecular flexibility index (Phi) is 7.09. The number of hydrogen-bond acceptors (Lipinski definition) is 3. The van der Waals surface area contributed by atoms with Gasteiger partial charge in [-0.25, -0.2) is 0 Å². The Bertz CT molecular complexity index is 403. The zero-order valence-corrected chi connectivity index (χ0v) is 12.7. The van der Waals surface area contributed by atoms with Crippen LogP contribution in [0.1, 0.15) is 51.6 Å². The average molecular weight is 278 g/mol. The molecular weight excluding hydrogens is 252 g/mol. The fourth-order valence-electron chi connectivity index (χ4n) is 1.98. The van der Waals surface area contributed by atoms with Crippen molar-refractivity contribution < 1.29 is 9.53 Å². The summed E-state index contributed by atoms with van der Waals surface area (Å²) in [7, 11) is 0.